The van der Waals surface area contributed by atoms with E-state index in [1.54, 1.807) is 7.11 Å². The van der Waals surface area contributed by atoms with Gasteiger partial charge in [0.05, 0.1) is 18.7 Å². The second-order valence-corrected chi connectivity index (χ2v) is 3.82. The van der Waals surface area contributed by atoms with Crippen molar-refractivity contribution in [3.8, 4) is 0 Å². The maximum absolute atomic E-state index is 11.6. The van der Waals surface area contributed by atoms with Crippen LogP contribution in [0, 0.1) is 0 Å². The summed E-state index contributed by atoms with van der Waals surface area (Å²) in [6.07, 6.45) is 2.84. The number of carbonyl (C=O) groups is 1. The molecule has 1 aliphatic heterocycles. The average molecular weight is 200 g/mol. The van der Waals surface area contributed by atoms with E-state index in [2.05, 4.69) is 6.92 Å². The first-order chi connectivity index (χ1) is 6.70. The monoisotopic (exact) mass is 200 g/mol. The van der Waals surface area contributed by atoms with E-state index in [0.717, 1.165) is 25.8 Å². The number of nitrogens with two attached hydrogens (primary N) is 1. The molecule has 2 unspecified atom stereocenters. The molecule has 0 aromatic rings. The molecule has 1 fully saturated rings. The van der Waals surface area contributed by atoms with Gasteiger partial charge in [-0.2, -0.15) is 0 Å². The van der Waals surface area contributed by atoms with Crippen molar-refractivity contribution < 1.29 is 9.53 Å². The average Bonchev–Trinajstić information content (AvgIpc) is 2.48. The molecule has 4 nitrogen and oxygen atoms in total. The standard InChI is InChI=1S/C10H20N2O2/c1-3-4-8(7-14-2)12-6-5-9(11)10(12)13/h8-9H,3-7,11H2,1-2H3. The van der Waals surface area contributed by atoms with Gasteiger partial charge in [-0.1, -0.05) is 13.3 Å². The summed E-state index contributed by atoms with van der Waals surface area (Å²) in [5.74, 6) is 0.0838. The Morgan fingerprint density at radius 1 is 1.71 bits per heavy atom. The first-order valence-electron chi connectivity index (χ1n) is 5.25. The SMILES string of the molecule is CCCC(COC)N1CCC(N)C1=O. The lowest BCUT2D eigenvalue weighted by Crippen LogP contribution is -2.43. The molecule has 1 heterocycles. The van der Waals surface area contributed by atoms with Crippen LogP contribution in [-0.2, 0) is 9.53 Å². The topological polar surface area (TPSA) is 55.6 Å². The molecule has 0 saturated carbocycles. The zero-order valence-corrected chi connectivity index (χ0v) is 9.03. The maximum Gasteiger partial charge on any atom is 0.239 e. The fraction of sp³-hybridized carbons (Fsp3) is 0.900. The number of hydrogen-bond donors (Lipinski definition) is 1. The lowest BCUT2D eigenvalue weighted by molar-refractivity contribution is -0.131. The summed E-state index contributed by atoms with van der Waals surface area (Å²) in [4.78, 5) is 13.5. The molecule has 0 aliphatic carbocycles. The van der Waals surface area contributed by atoms with Crippen LogP contribution in [0.3, 0.4) is 0 Å². The minimum Gasteiger partial charge on any atom is -0.383 e. The van der Waals surface area contributed by atoms with Crippen molar-refractivity contribution in [3.63, 3.8) is 0 Å². The Hall–Kier alpha value is -0.610. The van der Waals surface area contributed by atoms with E-state index in [9.17, 15) is 4.79 Å². The molecule has 0 radical (unpaired) electrons. The number of carbonyl (C=O) groups excluding carboxylic acids is 1. The first kappa shape index (κ1) is 11.5. The van der Waals surface area contributed by atoms with Crippen molar-refractivity contribution in [2.45, 2.75) is 38.3 Å². The lowest BCUT2D eigenvalue weighted by atomic mass is 10.1. The third-order valence-electron chi connectivity index (χ3n) is 2.70. The molecule has 1 rings (SSSR count). The lowest BCUT2D eigenvalue weighted by Gasteiger charge is -2.27. The Balaban J connectivity index is 2.54. The smallest absolute Gasteiger partial charge is 0.239 e. The molecule has 0 aromatic heterocycles. The van der Waals surface area contributed by atoms with Gasteiger partial charge in [-0.25, -0.2) is 0 Å². The minimum atomic E-state index is -0.286. The van der Waals surface area contributed by atoms with Crippen molar-refractivity contribution >= 4 is 5.91 Å². The Kier molecular flexibility index (Phi) is 4.35. The summed E-state index contributed by atoms with van der Waals surface area (Å²) in [7, 11) is 1.67. The normalized spacial score (nSPS) is 24.4. The predicted octanol–water partition coefficient (Wildman–Crippen LogP) is 0.361. The van der Waals surface area contributed by atoms with Crippen LogP contribution < -0.4 is 5.73 Å². The predicted molar refractivity (Wildman–Crippen MR) is 54.9 cm³/mol. The molecule has 0 bridgehead atoms. The zero-order valence-electron chi connectivity index (χ0n) is 9.03. The number of likely N-dealkylation sites (tertiary alicyclic amines) is 1. The Morgan fingerprint density at radius 2 is 2.43 bits per heavy atom. The number of methoxy groups -OCH3 is 1. The van der Waals surface area contributed by atoms with E-state index in [1.165, 1.54) is 0 Å². The first-order valence-corrected chi connectivity index (χ1v) is 5.25. The second-order valence-electron chi connectivity index (χ2n) is 3.82. The van der Waals surface area contributed by atoms with E-state index in [4.69, 9.17) is 10.5 Å². The largest absolute Gasteiger partial charge is 0.383 e. The number of nitrogens with zero attached hydrogens (tertiary/aromatic N) is 1. The fourth-order valence-electron chi connectivity index (χ4n) is 1.94. The van der Waals surface area contributed by atoms with E-state index < -0.39 is 0 Å². The zero-order chi connectivity index (χ0) is 10.6. The highest BCUT2D eigenvalue weighted by Gasteiger charge is 2.32. The summed E-state index contributed by atoms with van der Waals surface area (Å²) in [5.41, 5.74) is 5.67. The van der Waals surface area contributed by atoms with E-state index >= 15 is 0 Å². The summed E-state index contributed by atoms with van der Waals surface area (Å²) in [5, 5.41) is 0. The van der Waals surface area contributed by atoms with Crippen molar-refractivity contribution in [2.75, 3.05) is 20.3 Å². The molecule has 1 saturated heterocycles. The van der Waals surface area contributed by atoms with Crippen molar-refractivity contribution in [2.24, 2.45) is 5.73 Å². The minimum absolute atomic E-state index is 0.0838. The quantitative estimate of drug-likeness (QED) is 0.697. The molecule has 2 atom stereocenters. The van der Waals surface area contributed by atoms with Gasteiger partial charge >= 0.3 is 0 Å². The van der Waals surface area contributed by atoms with Gasteiger partial charge in [0.2, 0.25) is 5.91 Å². The molecule has 2 N–H and O–H groups in total. The Morgan fingerprint density at radius 3 is 2.86 bits per heavy atom. The van der Waals surface area contributed by atoms with Gasteiger partial charge in [-0.05, 0) is 12.8 Å². The van der Waals surface area contributed by atoms with Crippen molar-refractivity contribution in [1.29, 1.82) is 0 Å². The molecule has 0 aromatic carbocycles. The van der Waals surface area contributed by atoms with E-state index in [0.29, 0.717) is 6.61 Å². The van der Waals surface area contributed by atoms with Crippen LogP contribution in [0.5, 0.6) is 0 Å². The number of rotatable bonds is 5. The van der Waals surface area contributed by atoms with Gasteiger partial charge in [0.25, 0.3) is 0 Å². The van der Waals surface area contributed by atoms with Crippen LogP contribution in [0.1, 0.15) is 26.2 Å². The second kappa shape index (κ2) is 5.32. The van der Waals surface area contributed by atoms with Gasteiger partial charge < -0.3 is 15.4 Å². The van der Waals surface area contributed by atoms with Crippen LogP contribution in [-0.4, -0.2) is 43.2 Å². The molecule has 0 spiro atoms. The van der Waals surface area contributed by atoms with Crippen molar-refractivity contribution in [1.82, 2.24) is 4.90 Å². The van der Waals surface area contributed by atoms with Gasteiger partial charge in [0.1, 0.15) is 0 Å². The van der Waals surface area contributed by atoms with Gasteiger partial charge in [-0.15, -0.1) is 0 Å². The Bertz CT molecular complexity index is 191. The summed E-state index contributed by atoms with van der Waals surface area (Å²) >= 11 is 0. The highest BCUT2D eigenvalue weighted by atomic mass is 16.5. The van der Waals surface area contributed by atoms with Gasteiger partial charge in [0, 0.05) is 13.7 Å². The van der Waals surface area contributed by atoms with E-state index in [1.807, 2.05) is 4.90 Å². The number of ether oxygens (including phenoxy) is 1. The van der Waals surface area contributed by atoms with E-state index in [-0.39, 0.29) is 18.0 Å². The third kappa shape index (κ3) is 2.45. The Labute approximate surface area is 85.4 Å². The van der Waals surface area contributed by atoms with Crippen LogP contribution in [0.4, 0.5) is 0 Å². The summed E-state index contributed by atoms with van der Waals surface area (Å²) in [6.45, 7) is 3.52. The maximum atomic E-state index is 11.6. The van der Waals surface area contributed by atoms with Crippen LogP contribution in [0.25, 0.3) is 0 Å². The van der Waals surface area contributed by atoms with Crippen molar-refractivity contribution in [3.05, 3.63) is 0 Å². The molecule has 14 heavy (non-hydrogen) atoms. The molecule has 1 amide bonds. The molecule has 1 aliphatic rings. The molecule has 82 valence electrons. The van der Waals surface area contributed by atoms with Gasteiger partial charge in [-0.3, -0.25) is 4.79 Å². The van der Waals surface area contributed by atoms with Gasteiger partial charge in [0.15, 0.2) is 0 Å². The third-order valence-corrected chi connectivity index (χ3v) is 2.70. The highest BCUT2D eigenvalue weighted by Crippen LogP contribution is 2.16. The molecule has 4 heteroatoms. The molecular weight excluding hydrogens is 180 g/mol. The summed E-state index contributed by atoms with van der Waals surface area (Å²) in [6, 6.07) is -0.0720. The highest BCUT2D eigenvalue weighted by molar-refractivity contribution is 5.84. The fourth-order valence-corrected chi connectivity index (χ4v) is 1.94. The molecular formula is C10H20N2O2. The summed E-state index contributed by atoms with van der Waals surface area (Å²) < 4.78 is 5.12. The van der Waals surface area contributed by atoms with Crippen LogP contribution >= 0.6 is 0 Å². The van der Waals surface area contributed by atoms with Crippen LogP contribution in [0.2, 0.25) is 0 Å². The number of amides is 1. The number of hydrogen-bond acceptors (Lipinski definition) is 3. The van der Waals surface area contributed by atoms with Crippen LogP contribution in [0.15, 0.2) is 0 Å².